The fraction of sp³-hybridized carbons (Fsp3) is 0.476. The second-order valence-electron chi connectivity index (χ2n) is 7.16. The van der Waals surface area contributed by atoms with Crippen molar-refractivity contribution in [1.29, 1.82) is 0 Å². The summed E-state index contributed by atoms with van der Waals surface area (Å²) in [4.78, 5) is 12.7. The number of rotatable bonds is 5. The van der Waals surface area contributed by atoms with Crippen molar-refractivity contribution in [1.82, 2.24) is 0 Å². The molecule has 0 bridgehead atoms. The molecule has 3 aliphatic rings. The molecule has 4 atom stereocenters. The molecule has 2 aliphatic heterocycles. The van der Waals surface area contributed by atoms with Gasteiger partial charge in [0.05, 0.1) is 12.5 Å². The topological polar surface area (TPSA) is 63.2 Å². The highest BCUT2D eigenvalue weighted by atomic mass is 16.7. The Morgan fingerprint density at radius 3 is 2.74 bits per heavy atom. The standard InChI is InChI=1S/C21H24O6/c1-5-6-15-10-20(23-3)13(2)19(27-21(20,24-4)11-16(15)22)14-7-8-17-18(9-14)26-12-25-17/h5,7-10,13,19H,1,6,11-12H2,2-4H3/t13-,19-,20-,21-/m0/s1. The lowest BCUT2D eigenvalue weighted by Crippen LogP contribution is -2.58. The van der Waals surface area contributed by atoms with E-state index >= 15 is 0 Å². The van der Waals surface area contributed by atoms with E-state index in [1.165, 1.54) is 0 Å². The zero-order chi connectivity index (χ0) is 19.2. The van der Waals surface area contributed by atoms with E-state index in [-0.39, 0.29) is 31.0 Å². The molecule has 4 rings (SSSR count). The van der Waals surface area contributed by atoms with Crippen LogP contribution in [-0.4, -0.2) is 38.2 Å². The smallest absolute Gasteiger partial charge is 0.231 e. The third-order valence-electron chi connectivity index (χ3n) is 5.94. The Morgan fingerprint density at radius 1 is 1.26 bits per heavy atom. The molecule has 1 fully saturated rings. The lowest BCUT2D eigenvalue weighted by Gasteiger charge is -2.44. The van der Waals surface area contributed by atoms with Crippen molar-refractivity contribution in [2.24, 2.45) is 5.92 Å². The monoisotopic (exact) mass is 372 g/mol. The summed E-state index contributed by atoms with van der Waals surface area (Å²) in [6.07, 6.45) is 3.87. The minimum atomic E-state index is -1.18. The van der Waals surface area contributed by atoms with E-state index < -0.39 is 11.4 Å². The number of methoxy groups -OCH3 is 2. The first kappa shape index (κ1) is 18.2. The molecule has 0 radical (unpaired) electrons. The van der Waals surface area contributed by atoms with E-state index in [0.29, 0.717) is 23.5 Å². The first-order valence-electron chi connectivity index (χ1n) is 9.03. The molecule has 1 aliphatic carbocycles. The van der Waals surface area contributed by atoms with Crippen LogP contribution in [0.2, 0.25) is 0 Å². The lowest BCUT2D eigenvalue weighted by molar-refractivity contribution is -0.274. The number of ketones is 1. The summed E-state index contributed by atoms with van der Waals surface area (Å²) in [7, 11) is 3.19. The van der Waals surface area contributed by atoms with Crippen LogP contribution in [0.1, 0.15) is 31.4 Å². The number of allylic oxidation sites excluding steroid dienone is 2. The Bertz CT molecular complexity index is 815. The summed E-state index contributed by atoms with van der Waals surface area (Å²) in [5, 5.41) is 0. The Hall–Kier alpha value is -2.15. The maximum atomic E-state index is 12.7. The van der Waals surface area contributed by atoms with Gasteiger partial charge in [0, 0.05) is 20.1 Å². The average molecular weight is 372 g/mol. The van der Waals surface area contributed by atoms with Gasteiger partial charge in [0.15, 0.2) is 17.3 Å². The molecule has 0 N–H and O–H groups in total. The summed E-state index contributed by atoms with van der Waals surface area (Å²) < 4.78 is 29.1. The van der Waals surface area contributed by atoms with Crippen molar-refractivity contribution >= 4 is 5.78 Å². The SMILES string of the molecule is C=CCC1=C[C@]2(OC)[C@@H](C)[C@@H](c3ccc4c(c3)OCO4)O[C@@]2(OC)CC1=O. The van der Waals surface area contributed by atoms with Gasteiger partial charge in [0.25, 0.3) is 0 Å². The number of hydrogen-bond donors (Lipinski definition) is 0. The van der Waals surface area contributed by atoms with Crippen LogP contribution < -0.4 is 9.47 Å². The molecule has 1 saturated heterocycles. The van der Waals surface area contributed by atoms with Gasteiger partial charge in [-0.15, -0.1) is 6.58 Å². The van der Waals surface area contributed by atoms with E-state index in [1.807, 2.05) is 24.3 Å². The predicted octanol–water partition coefficient (Wildman–Crippen LogP) is 3.33. The molecule has 6 heteroatoms. The zero-order valence-electron chi connectivity index (χ0n) is 15.8. The van der Waals surface area contributed by atoms with Gasteiger partial charge >= 0.3 is 0 Å². The molecular formula is C21H24O6. The Morgan fingerprint density at radius 2 is 2.04 bits per heavy atom. The number of hydrogen-bond acceptors (Lipinski definition) is 6. The van der Waals surface area contributed by atoms with Crippen LogP contribution in [-0.2, 0) is 19.0 Å². The average Bonchev–Trinajstić information content (AvgIpc) is 3.24. The molecular weight excluding hydrogens is 348 g/mol. The van der Waals surface area contributed by atoms with Crippen molar-refractivity contribution in [3.63, 3.8) is 0 Å². The molecule has 0 amide bonds. The Balaban J connectivity index is 1.79. The fourth-order valence-corrected chi connectivity index (χ4v) is 4.51. The second kappa shape index (κ2) is 6.48. The third-order valence-corrected chi connectivity index (χ3v) is 5.94. The van der Waals surface area contributed by atoms with Crippen LogP contribution in [0, 0.1) is 5.92 Å². The first-order valence-corrected chi connectivity index (χ1v) is 9.03. The quantitative estimate of drug-likeness (QED) is 0.739. The fourth-order valence-electron chi connectivity index (χ4n) is 4.51. The van der Waals surface area contributed by atoms with Crippen molar-refractivity contribution in [2.45, 2.75) is 37.3 Å². The van der Waals surface area contributed by atoms with E-state index in [1.54, 1.807) is 20.3 Å². The molecule has 0 unspecified atom stereocenters. The van der Waals surface area contributed by atoms with E-state index in [9.17, 15) is 4.79 Å². The van der Waals surface area contributed by atoms with E-state index in [4.69, 9.17) is 23.7 Å². The molecule has 1 aromatic carbocycles. The highest BCUT2D eigenvalue weighted by Crippen LogP contribution is 2.58. The maximum Gasteiger partial charge on any atom is 0.231 e. The van der Waals surface area contributed by atoms with Gasteiger partial charge in [-0.05, 0) is 35.8 Å². The number of fused-ring (bicyclic) bond motifs is 2. The third kappa shape index (κ3) is 2.47. The number of ether oxygens (including phenoxy) is 5. The molecule has 6 nitrogen and oxygen atoms in total. The van der Waals surface area contributed by atoms with E-state index in [0.717, 1.165) is 5.56 Å². The minimum Gasteiger partial charge on any atom is -0.454 e. The van der Waals surface area contributed by atoms with Crippen molar-refractivity contribution in [3.05, 3.63) is 48.1 Å². The maximum absolute atomic E-state index is 12.7. The highest BCUT2D eigenvalue weighted by molar-refractivity contribution is 5.97. The summed E-state index contributed by atoms with van der Waals surface area (Å²) in [6, 6.07) is 5.75. The summed E-state index contributed by atoms with van der Waals surface area (Å²) in [5.41, 5.74) is 0.733. The first-order chi connectivity index (χ1) is 13.0. The predicted molar refractivity (Wildman–Crippen MR) is 97.6 cm³/mol. The number of carbonyl (C=O) groups excluding carboxylic acids is 1. The van der Waals surface area contributed by atoms with Gasteiger partial charge in [-0.1, -0.05) is 19.1 Å². The van der Waals surface area contributed by atoms with Crippen LogP contribution in [0.15, 0.2) is 42.5 Å². The zero-order valence-corrected chi connectivity index (χ0v) is 15.8. The van der Waals surface area contributed by atoms with E-state index in [2.05, 4.69) is 13.5 Å². The number of carbonyl (C=O) groups is 1. The molecule has 0 aromatic heterocycles. The molecule has 144 valence electrons. The highest BCUT2D eigenvalue weighted by Gasteiger charge is 2.67. The van der Waals surface area contributed by atoms with Crippen LogP contribution in [0.4, 0.5) is 0 Å². The molecule has 0 saturated carbocycles. The van der Waals surface area contributed by atoms with Crippen molar-refractivity contribution in [3.8, 4) is 11.5 Å². The lowest BCUT2D eigenvalue weighted by atomic mass is 9.72. The van der Waals surface area contributed by atoms with Crippen LogP contribution >= 0.6 is 0 Å². The molecule has 1 aromatic rings. The van der Waals surface area contributed by atoms with Gasteiger partial charge < -0.3 is 23.7 Å². The minimum absolute atomic E-state index is 0.0111. The normalized spacial score (nSPS) is 34.3. The van der Waals surface area contributed by atoms with Crippen molar-refractivity contribution in [2.75, 3.05) is 21.0 Å². The van der Waals surface area contributed by atoms with Gasteiger partial charge in [-0.3, -0.25) is 4.79 Å². The Labute approximate surface area is 158 Å². The van der Waals surface area contributed by atoms with Gasteiger partial charge in [-0.2, -0.15) is 0 Å². The summed E-state index contributed by atoms with van der Waals surface area (Å²) in [5.74, 6) is 0.117. The van der Waals surface area contributed by atoms with Crippen LogP contribution in [0.25, 0.3) is 0 Å². The van der Waals surface area contributed by atoms with Gasteiger partial charge in [0.2, 0.25) is 12.6 Å². The summed E-state index contributed by atoms with van der Waals surface area (Å²) >= 11 is 0. The molecule has 27 heavy (non-hydrogen) atoms. The molecule has 0 spiro atoms. The van der Waals surface area contributed by atoms with Crippen LogP contribution in [0.5, 0.6) is 11.5 Å². The molecule has 2 heterocycles. The summed E-state index contributed by atoms with van der Waals surface area (Å²) in [6.45, 7) is 6.02. The number of Topliss-reactive ketones (excluding diaryl/α,β-unsaturated/α-hetero) is 1. The van der Waals surface area contributed by atoms with Gasteiger partial charge in [-0.25, -0.2) is 0 Å². The Kier molecular flexibility index (Phi) is 4.37. The van der Waals surface area contributed by atoms with Crippen LogP contribution in [0.3, 0.4) is 0 Å². The second-order valence-corrected chi connectivity index (χ2v) is 7.16. The van der Waals surface area contributed by atoms with Gasteiger partial charge in [0.1, 0.15) is 5.60 Å². The van der Waals surface area contributed by atoms with Crippen molar-refractivity contribution < 1.29 is 28.5 Å². The largest absolute Gasteiger partial charge is 0.454 e. The number of benzene rings is 1.